The van der Waals surface area contributed by atoms with Crippen molar-refractivity contribution in [2.75, 3.05) is 16.8 Å². The Morgan fingerprint density at radius 1 is 1.00 bits per heavy atom. The van der Waals surface area contributed by atoms with Gasteiger partial charge in [-0.2, -0.15) is 13.2 Å². The molecule has 11 heteroatoms. The van der Waals surface area contributed by atoms with Gasteiger partial charge in [0, 0.05) is 23.1 Å². The number of anilines is 2. The first-order valence-electron chi connectivity index (χ1n) is 10.2. The van der Waals surface area contributed by atoms with E-state index in [1.807, 2.05) is 0 Å². The van der Waals surface area contributed by atoms with Crippen molar-refractivity contribution in [3.05, 3.63) is 101 Å². The molecule has 1 aliphatic rings. The number of rotatable bonds is 4. The van der Waals surface area contributed by atoms with Crippen LogP contribution in [0.25, 0.3) is 0 Å². The predicted molar refractivity (Wildman–Crippen MR) is 123 cm³/mol. The highest BCUT2D eigenvalue weighted by Gasteiger charge is 2.38. The lowest BCUT2D eigenvalue weighted by atomic mass is 10.1. The first-order valence-corrected chi connectivity index (χ1v) is 10.5. The fourth-order valence-corrected chi connectivity index (χ4v) is 3.46. The van der Waals surface area contributed by atoms with Gasteiger partial charge in [0.05, 0.1) is 23.2 Å². The van der Waals surface area contributed by atoms with Crippen LogP contribution in [0.1, 0.15) is 26.3 Å². The van der Waals surface area contributed by atoms with Crippen molar-refractivity contribution in [3.8, 4) is 0 Å². The fourth-order valence-electron chi connectivity index (χ4n) is 3.34. The van der Waals surface area contributed by atoms with Crippen LogP contribution in [0, 0.1) is 0 Å². The van der Waals surface area contributed by atoms with Gasteiger partial charge in [-0.25, -0.2) is 9.78 Å². The summed E-state index contributed by atoms with van der Waals surface area (Å²) >= 11 is 5.83. The molecule has 0 saturated carbocycles. The minimum Gasteiger partial charge on any atom is -0.322 e. The number of imide groups is 1. The minimum absolute atomic E-state index is 0.0795. The molecule has 35 heavy (non-hydrogen) atoms. The summed E-state index contributed by atoms with van der Waals surface area (Å²) in [5, 5.41) is 3.19. The molecule has 1 aromatic heterocycles. The fraction of sp³-hybridized carbons (Fsp3) is 0.0833. The maximum atomic E-state index is 13.3. The molecule has 0 saturated heterocycles. The lowest BCUT2D eigenvalue weighted by Gasteiger charge is -2.30. The minimum atomic E-state index is -4.76. The monoisotopic (exact) mass is 500 g/mol. The van der Waals surface area contributed by atoms with Crippen LogP contribution in [0.4, 0.5) is 29.5 Å². The van der Waals surface area contributed by atoms with E-state index in [1.165, 1.54) is 42.7 Å². The first kappa shape index (κ1) is 24.0. The lowest BCUT2D eigenvalue weighted by molar-refractivity contribution is -0.138. The van der Waals surface area contributed by atoms with Crippen molar-refractivity contribution in [1.29, 1.82) is 0 Å². The summed E-state index contributed by atoms with van der Waals surface area (Å²) in [7, 11) is 0. The number of hydrogen-bond acceptors (Lipinski definition) is 4. The number of aromatic nitrogens is 1. The molecule has 0 bridgehead atoms. The van der Waals surface area contributed by atoms with Crippen LogP contribution in [0.2, 0.25) is 5.02 Å². The highest BCUT2D eigenvalue weighted by atomic mass is 35.5. The van der Waals surface area contributed by atoms with E-state index in [1.54, 1.807) is 24.3 Å². The van der Waals surface area contributed by atoms with Crippen molar-refractivity contribution >= 4 is 41.0 Å². The third kappa shape index (κ3) is 5.17. The third-order valence-corrected chi connectivity index (χ3v) is 5.30. The SMILES string of the molecule is O=C(Nc1ccc(Cl)cc1)c1ccc(N2C=CCN(C(=O)c3ccccc3C(F)(F)F)C2=O)nc1. The van der Waals surface area contributed by atoms with E-state index in [-0.39, 0.29) is 17.9 Å². The molecule has 7 nitrogen and oxygen atoms in total. The predicted octanol–water partition coefficient (Wildman–Crippen LogP) is 5.60. The van der Waals surface area contributed by atoms with E-state index < -0.39 is 35.1 Å². The van der Waals surface area contributed by atoms with E-state index >= 15 is 0 Å². The number of pyridine rings is 1. The number of hydrogen-bond donors (Lipinski definition) is 1. The molecule has 3 aromatic rings. The molecule has 0 unspecified atom stereocenters. The Morgan fingerprint density at radius 3 is 2.37 bits per heavy atom. The summed E-state index contributed by atoms with van der Waals surface area (Å²) in [6.07, 6.45) is -0.720. The van der Waals surface area contributed by atoms with Crippen molar-refractivity contribution in [2.24, 2.45) is 0 Å². The zero-order valence-corrected chi connectivity index (χ0v) is 18.5. The van der Waals surface area contributed by atoms with Crippen LogP contribution in [0.3, 0.4) is 0 Å². The molecule has 4 amide bonds. The van der Waals surface area contributed by atoms with Crippen LogP contribution in [-0.4, -0.2) is 34.3 Å². The average Bonchev–Trinajstić information content (AvgIpc) is 2.85. The molecule has 1 N–H and O–H groups in total. The number of nitrogens with one attached hydrogen (secondary N) is 1. The average molecular weight is 501 g/mol. The topological polar surface area (TPSA) is 82.6 Å². The van der Waals surface area contributed by atoms with E-state index in [0.717, 1.165) is 17.0 Å². The van der Waals surface area contributed by atoms with Gasteiger partial charge in [-0.3, -0.25) is 19.4 Å². The number of benzene rings is 2. The maximum absolute atomic E-state index is 13.3. The van der Waals surface area contributed by atoms with Crippen molar-refractivity contribution in [3.63, 3.8) is 0 Å². The van der Waals surface area contributed by atoms with Gasteiger partial charge in [-0.15, -0.1) is 0 Å². The Bertz CT molecular complexity index is 1310. The van der Waals surface area contributed by atoms with Crippen molar-refractivity contribution < 1.29 is 27.6 Å². The number of carbonyl (C=O) groups excluding carboxylic acids is 3. The van der Waals surface area contributed by atoms with E-state index in [9.17, 15) is 27.6 Å². The molecular weight excluding hydrogens is 485 g/mol. The van der Waals surface area contributed by atoms with Gasteiger partial charge >= 0.3 is 12.2 Å². The molecule has 1 aliphatic heterocycles. The maximum Gasteiger partial charge on any atom is 0.417 e. The Labute approximate surface area is 202 Å². The van der Waals surface area contributed by atoms with Gasteiger partial charge in [-0.1, -0.05) is 23.7 Å². The second kappa shape index (κ2) is 9.59. The van der Waals surface area contributed by atoms with Gasteiger partial charge < -0.3 is 5.32 Å². The Balaban J connectivity index is 1.51. The molecule has 178 valence electrons. The third-order valence-electron chi connectivity index (χ3n) is 5.05. The highest BCUT2D eigenvalue weighted by molar-refractivity contribution is 6.30. The van der Waals surface area contributed by atoms with Crippen molar-refractivity contribution in [1.82, 2.24) is 9.88 Å². The van der Waals surface area contributed by atoms with E-state index in [2.05, 4.69) is 10.3 Å². The van der Waals surface area contributed by atoms with Crippen LogP contribution in [0.5, 0.6) is 0 Å². The summed E-state index contributed by atoms with van der Waals surface area (Å²) < 4.78 is 40.0. The molecule has 2 heterocycles. The second-order valence-electron chi connectivity index (χ2n) is 7.36. The summed E-state index contributed by atoms with van der Waals surface area (Å²) in [4.78, 5) is 44.1. The number of halogens is 4. The Morgan fingerprint density at radius 2 is 1.71 bits per heavy atom. The molecule has 4 rings (SSSR count). The quantitative estimate of drug-likeness (QED) is 0.505. The van der Waals surface area contributed by atoms with Gasteiger partial charge in [0.25, 0.3) is 11.8 Å². The summed E-state index contributed by atoms with van der Waals surface area (Å²) in [5.74, 6) is -1.46. The zero-order chi connectivity index (χ0) is 25.2. The number of carbonyl (C=O) groups is 3. The van der Waals surface area contributed by atoms with Crippen LogP contribution >= 0.6 is 11.6 Å². The van der Waals surface area contributed by atoms with E-state index in [4.69, 9.17) is 11.6 Å². The summed E-state index contributed by atoms with van der Waals surface area (Å²) in [6.45, 7) is -0.206. The van der Waals surface area contributed by atoms with Crippen LogP contribution < -0.4 is 10.2 Å². The number of nitrogens with zero attached hydrogens (tertiary/aromatic N) is 3. The standard InChI is InChI=1S/C24H16ClF3N4O3/c25-16-7-9-17(10-8-16)30-21(33)15-6-11-20(29-14-15)31-12-3-13-32(23(31)35)22(34)18-4-1-2-5-19(18)24(26,27)28/h1-12,14H,13H2,(H,30,33). The summed E-state index contributed by atoms with van der Waals surface area (Å²) in [5.41, 5.74) is -1.05. The van der Waals surface area contributed by atoms with E-state index in [0.29, 0.717) is 15.6 Å². The van der Waals surface area contributed by atoms with Gasteiger partial charge in [-0.05, 0) is 54.6 Å². The smallest absolute Gasteiger partial charge is 0.322 e. The van der Waals surface area contributed by atoms with Gasteiger partial charge in [0.1, 0.15) is 5.82 Å². The normalized spacial score (nSPS) is 13.7. The summed E-state index contributed by atoms with van der Waals surface area (Å²) in [6, 6.07) is 12.7. The molecular formula is C24H16ClF3N4O3. The van der Waals surface area contributed by atoms with Gasteiger partial charge in [0.15, 0.2) is 0 Å². The molecule has 0 radical (unpaired) electrons. The van der Waals surface area contributed by atoms with Crippen LogP contribution in [0.15, 0.2) is 79.1 Å². The Kier molecular flexibility index (Phi) is 6.57. The largest absolute Gasteiger partial charge is 0.417 e. The molecule has 2 aromatic carbocycles. The zero-order valence-electron chi connectivity index (χ0n) is 17.8. The van der Waals surface area contributed by atoms with Crippen molar-refractivity contribution in [2.45, 2.75) is 6.18 Å². The molecule has 0 fully saturated rings. The lowest BCUT2D eigenvalue weighted by Crippen LogP contribution is -2.47. The first-order chi connectivity index (χ1) is 16.6. The second-order valence-corrected chi connectivity index (χ2v) is 7.80. The van der Waals surface area contributed by atoms with Gasteiger partial charge in [0.2, 0.25) is 0 Å². The number of urea groups is 1. The molecule has 0 atom stereocenters. The van der Waals surface area contributed by atoms with Crippen LogP contribution in [-0.2, 0) is 6.18 Å². The Hall–Kier alpha value is -4.18. The number of amides is 4. The number of alkyl halides is 3. The molecule has 0 aliphatic carbocycles. The highest BCUT2D eigenvalue weighted by Crippen LogP contribution is 2.33. The molecule has 0 spiro atoms.